The highest BCUT2D eigenvalue weighted by Gasteiger charge is 2.54. The van der Waals surface area contributed by atoms with E-state index in [1.807, 2.05) is 17.5 Å². The number of terminal acetylenes is 1. The molecule has 1 amide bonds. The highest BCUT2D eigenvalue weighted by Crippen LogP contribution is 2.43. The second kappa shape index (κ2) is 5.32. The molecule has 2 aromatic rings. The summed E-state index contributed by atoms with van der Waals surface area (Å²) < 4.78 is 0. The van der Waals surface area contributed by atoms with Crippen molar-refractivity contribution in [3.8, 4) is 12.3 Å². The summed E-state index contributed by atoms with van der Waals surface area (Å²) in [6.45, 7) is 0.235. The van der Waals surface area contributed by atoms with Crippen LogP contribution in [0.15, 0.2) is 41.8 Å². The van der Waals surface area contributed by atoms with E-state index in [1.54, 1.807) is 24.3 Å². The second-order valence-corrected chi connectivity index (χ2v) is 6.09. The first-order valence-electron chi connectivity index (χ1n) is 6.72. The molecule has 22 heavy (non-hydrogen) atoms. The Hall–Kier alpha value is -2.58. The fraction of sp³-hybridized carbons (Fsp3) is 0.176. The molecule has 2 heterocycles. The van der Waals surface area contributed by atoms with Gasteiger partial charge in [0.15, 0.2) is 5.54 Å². The lowest BCUT2D eigenvalue weighted by Crippen LogP contribution is -2.49. The molecule has 4 nitrogen and oxygen atoms in total. The van der Waals surface area contributed by atoms with E-state index < -0.39 is 11.5 Å². The second-order valence-electron chi connectivity index (χ2n) is 5.06. The van der Waals surface area contributed by atoms with Gasteiger partial charge in [-0.25, -0.2) is 4.79 Å². The van der Waals surface area contributed by atoms with Crippen LogP contribution in [-0.2, 0) is 16.9 Å². The van der Waals surface area contributed by atoms with Gasteiger partial charge in [-0.1, -0.05) is 24.3 Å². The van der Waals surface area contributed by atoms with Crippen molar-refractivity contribution in [3.05, 3.63) is 57.8 Å². The lowest BCUT2D eigenvalue weighted by atomic mass is 9.86. The average Bonchev–Trinajstić information content (AvgIpc) is 3.10. The molecular formula is C17H13NO3S. The largest absolute Gasteiger partial charge is 0.479 e. The highest BCUT2D eigenvalue weighted by atomic mass is 32.1. The number of carboxylic acids is 1. The molecule has 3 rings (SSSR count). The van der Waals surface area contributed by atoms with Crippen molar-refractivity contribution in [3.63, 3.8) is 0 Å². The van der Waals surface area contributed by atoms with E-state index in [2.05, 4.69) is 5.92 Å². The summed E-state index contributed by atoms with van der Waals surface area (Å²) in [5.74, 6) is 1.04. The minimum Gasteiger partial charge on any atom is -0.479 e. The van der Waals surface area contributed by atoms with Crippen LogP contribution in [0, 0.1) is 12.3 Å². The zero-order chi connectivity index (χ0) is 15.7. The molecule has 0 saturated heterocycles. The Bertz CT molecular complexity index is 775. The van der Waals surface area contributed by atoms with E-state index in [4.69, 9.17) is 6.42 Å². The van der Waals surface area contributed by atoms with Crippen LogP contribution in [-0.4, -0.2) is 21.9 Å². The number of amides is 1. The first-order valence-corrected chi connectivity index (χ1v) is 7.60. The zero-order valence-corrected chi connectivity index (χ0v) is 12.5. The standard InChI is InChI=1S/C17H13NO3S/c1-2-9-17(16(20)21)14-8-4-3-7-13(14)15(19)18(17)11-12-6-5-10-22-12/h1,3-8,10H,9,11H2,(H,20,21). The topological polar surface area (TPSA) is 57.6 Å². The summed E-state index contributed by atoms with van der Waals surface area (Å²) in [7, 11) is 0. The average molecular weight is 311 g/mol. The molecule has 1 aromatic heterocycles. The minimum absolute atomic E-state index is 0.0591. The number of carbonyl (C=O) groups is 2. The molecular weight excluding hydrogens is 298 g/mol. The third-order valence-corrected chi connectivity index (χ3v) is 4.78. The summed E-state index contributed by atoms with van der Waals surface area (Å²) in [6, 6.07) is 10.5. The van der Waals surface area contributed by atoms with Crippen molar-refractivity contribution in [2.75, 3.05) is 0 Å². The van der Waals surface area contributed by atoms with Gasteiger partial charge in [0.05, 0.1) is 6.54 Å². The molecule has 1 N–H and O–H groups in total. The zero-order valence-electron chi connectivity index (χ0n) is 11.7. The van der Waals surface area contributed by atoms with E-state index in [0.717, 1.165) is 4.88 Å². The van der Waals surface area contributed by atoms with Gasteiger partial charge in [0, 0.05) is 22.4 Å². The van der Waals surface area contributed by atoms with Crippen LogP contribution in [0.3, 0.4) is 0 Å². The smallest absolute Gasteiger partial charge is 0.335 e. The molecule has 1 aliphatic rings. The Morgan fingerprint density at radius 2 is 2.09 bits per heavy atom. The van der Waals surface area contributed by atoms with Crippen LogP contribution in [0.25, 0.3) is 0 Å². The van der Waals surface area contributed by atoms with Crippen LogP contribution in [0.5, 0.6) is 0 Å². The first kappa shape index (κ1) is 14.4. The Labute approximate surface area is 132 Å². The molecule has 0 spiro atoms. The summed E-state index contributed by atoms with van der Waals surface area (Å²) >= 11 is 1.48. The summed E-state index contributed by atoms with van der Waals surface area (Å²) in [6.07, 6.45) is 5.36. The maximum atomic E-state index is 12.7. The Kier molecular flexibility index (Phi) is 3.47. The van der Waals surface area contributed by atoms with Gasteiger partial charge >= 0.3 is 5.97 Å². The van der Waals surface area contributed by atoms with Crippen LogP contribution < -0.4 is 0 Å². The van der Waals surface area contributed by atoms with E-state index in [1.165, 1.54) is 16.2 Å². The summed E-state index contributed by atoms with van der Waals surface area (Å²) in [5.41, 5.74) is -0.606. The molecule has 0 radical (unpaired) electrons. The Morgan fingerprint density at radius 1 is 1.32 bits per heavy atom. The number of fused-ring (bicyclic) bond motifs is 1. The van der Waals surface area contributed by atoms with Gasteiger partial charge < -0.3 is 10.0 Å². The van der Waals surface area contributed by atoms with Crippen LogP contribution >= 0.6 is 11.3 Å². The SMILES string of the molecule is C#CCC1(C(=O)O)c2ccccc2C(=O)N1Cc1cccs1. The molecule has 110 valence electrons. The number of benzene rings is 1. The van der Waals surface area contributed by atoms with Gasteiger partial charge in [0.1, 0.15) is 0 Å². The normalized spacial score (nSPS) is 19.8. The number of carbonyl (C=O) groups excluding carboxylic acids is 1. The molecule has 5 heteroatoms. The molecule has 1 aliphatic heterocycles. The number of hydrogen-bond acceptors (Lipinski definition) is 3. The Morgan fingerprint density at radius 3 is 2.73 bits per heavy atom. The fourth-order valence-electron chi connectivity index (χ4n) is 2.90. The maximum absolute atomic E-state index is 12.7. The lowest BCUT2D eigenvalue weighted by molar-refractivity contribution is -0.150. The summed E-state index contributed by atoms with van der Waals surface area (Å²) in [5, 5.41) is 11.8. The number of nitrogens with zero attached hydrogens (tertiary/aromatic N) is 1. The molecule has 1 aromatic carbocycles. The van der Waals surface area contributed by atoms with Gasteiger partial charge in [-0.15, -0.1) is 23.7 Å². The molecule has 1 atom stereocenters. The predicted octanol–water partition coefficient (Wildman–Crippen LogP) is 2.71. The first-order chi connectivity index (χ1) is 10.6. The van der Waals surface area contributed by atoms with Crippen molar-refractivity contribution >= 4 is 23.2 Å². The quantitative estimate of drug-likeness (QED) is 0.883. The van der Waals surface area contributed by atoms with E-state index in [9.17, 15) is 14.7 Å². The van der Waals surface area contributed by atoms with Crippen molar-refractivity contribution in [2.24, 2.45) is 0 Å². The molecule has 0 aliphatic carbocycles. The van der Waals surface area contributed by atoms with Gasteiger partial charge in [-0.05, 0) is 17.5 Å². The predicted molar refractivity (Wildman–Crippen MR) is 83.4 cm³/mol. The van der Waals surface area contributed by atoms with Gasteiger partial charge in [0.2, 0.25) is 0 Å². The van der Waals surface area contributed by atoms with E-state index in [0.29, 0.717) is 11.1 Å². The Balaban J connectivity index is 2.17. The maximum Gasteiger partial charge on any atom is 0.335 e. The highest BCUT2D eigenvalue weighted by molar-refractivity contribution is 7.09. The molecule has 0 saturated carbocycles. The van der Waals surface area contributed by atoms with Crippen LogP contribution in [0.2, 0.25) is 0 Å². The third kappa shape index (κ3) is 1.92. The van der Waals surface area contributed by atoms with E-state index in [-0.39, 0.29) is 18.9 Å². The van der Waals surface area contributed by atoms with Crippen molar-refractivity contribution < 1.29 is 14.7 Å². The van der Waals surface area contributed by atoms with E-state index >= 15 is 0 Å². The van der Waals surface area contributed by atoms with Gasteiger partial charge in [-0.2, -0.15) is 0 Å². The summed E-state index contributed by atoms with van der Waals surface area (Å²) in [4.78, 5) is 27.1. The molecule has 0 fully saturated rings. The third-order valence-electron chi connectivity index (χ3n) is 3.91. The lowest BCUT2D eigenvalue weighted by Gasteiger charge is -2.33. The van der Waals surface area contributed by atoms with Crippen LogP contribution in [0.4, 0.5) is 0 Å². The van der Waals surface area contributed by atoms with Gasteiger partial charge in [0.25, 0.3) is 5.91 Å². The van der Waals surface area contributed by atoms with Crippen molar-refractivity contribution in [2.45, 2.75) is 18.5 Å². The number of rotatable bonds is 4. The number of thiophene rings is 1. The monoisotopic (exact) mass is 311 g/mol. The molecule has 1 unspecified atom stereocenters. The van der Waals surface area contributed by atoms with Crippen LogP contribution in [0.1, 0.15) is 27.2 Å². The van der Waals surface area contributed by atoms with Crippen molar-refractivity contribution in [1.29, 1.82) is 0 Å². The number of carboxylic acid groups (broad SMARTS) is 1. The van der Waals surface area contributed by atoms with Crippen molar-refractivity contribution in [1.82, 2.24) is 4.90 Å². The number of hydrogen-bond donors (Lipinski definition) is 1. The van der Waals surface area contributed by atoms with Gasteiger partial charge in [-0.3, -0.25) is 4.79 Å². The number of aliphatic carboxylic acids is 1. The minimum atomic E-state index is -1.49. The fourth-order valence-corrected chi connectivity index (χ4v) is 3.60. The molecule has 0 bridgehead atoms.